The Kier molecular flexibility index (Phi) is 4.27. The first-order valence-corrected chi connectivity index (χ1v) is 8.42. The van der Waals surface area contributed by atoms with Crippen LogP contribution in [0.15, 0.2) is 0 Å². The van der Waals surface area contributed by atoms with Crippen LogP contribution in [0.1, 0.15) is 32.1 Å². The average molecular weight is 275 g/mol. The number of amides is 1. The van der Waals surface area contributed by atoms with Crippen LogP contribution in [0.4, 0.5) is 0 Å². The summed E-state index contributed by atoms with van der Waals surface area (Å²) in [5, 5.41) is 12.2. The maximum atomic E-state index is 11.7. The van der Waals surface area contributed by atoms with Crippen LogP contribution >= 0.6 is 0 Å². The molecule has 18 heavy (non-hydrogen) atoms. The van der Waals surface area contributed by atoms with Crippen LogP contribution in [0.5, 0.6) is 0 Å². The molecule has 0 bridgehead atoms. The van der Waals surface area contributed by atoms with Gasteiger partial charge in [0.15, 0.2) is 9.84 Å². The highest BCUT2D eigenvalue weighted by Crippen LogP contribution is 2.25. The molecule has 1 aliphatic carbocycles. The number of hydrogen-bond acceptors (Lipinski definition) is 4. The van der Waals surface area contributed by atoms with E-state index in [0.29, 0.717) is 25.3 Å². The largest absolute Gasteiger partial charge is 0.393 e. The molecule has 3 unspecified atom stereocenters. The van der Waals surface area contributed by atoms with Crippen molar-refractivity contribution in [1.29, 1.82) is 0 Å². The number of nitrogens with one attached hydrogen (secondary N) is 1. The zero-order valence-corrected chi connectivity index (χ0v) is 11.3. The second kappa shape index (κ2) is 5.57. The first kappa shape index (κ1) is 13.8. The van der Waals surface area contributed by atoms with E-state index in [1.807, 2.05) is 0 Å². The van der Waals surface area contributed by atoms with E-state index < -0.39 is 9.84 Å². The van der Waals surface area contributed by atoms with Gasteiger partial charge in [0.1, 0.15) is 0 Å². The van der Waals surface area contributed by atoms with E-state index in [1.54, 1.807) is 0 Å². The van der Waals surface area contributed by atoms with Crippen molar-refractivity contribution in [3.63, 3.8) is 0 Å². The Hall–Kier alpha value is -0.620. The zero-order chi connectivity index (χ0) is 13.2. The predicted molar refractivity (Wildman–Crippen MR) is 67.7 cm³/mol. The fourth-order valence-electron chi connectivity index (χ4n) is 2.86. The minimum Gasteiger partial charge on any atom is -0.393 e. The summed E-state index contributed by atoms with van der Waals surface area (Å²) >= 11 is 0. The molecule has 6 heteroatoms. The van der Waals surface area contributed by atoms with Crippen LogP contribution in [-0.2, 0) is 14.6 Å². The van der Waals surface area contributed by atoms with E-state index in [0.717, 1.165) is 19.3 Å². The van der Waals surface area contributed by atoms with E-state index in [9.17, 15) is 18.3 Å². The standard InChI is InChI=1S/C12H21NO4S/c14-11-2-1-9(5-11)7-13-12(15)6-10-3-4-18(16,17)8-10/h9-11,14H,1-8H2,(H,13,15). The molecule has 0 aromatic rings. The third-order valence-electron chi connectivity index (χ3n) is 3.90. The van der Waals surface area contributed by atoms with Crippen molar-refractivity contribution >= 4 is 15.7 Å². The van der Waals surface area contributed by atoms with Crippen molar-refractivity contribution in [2.75, 3.05) is 18.1 Å². The Labute approximate surface area is 108 Å². The van der Waals surface area contributed by atoms with Crippen LogP contribution in [0.25, 0.3) is 0 Å². The van der Waals surface area contributed by atoms with Gasteiger partial charge in [0.25, 0.3) is 0 Å². The van der Waals surface area contributed by atoms with Crippen LogP contribution < -0.4 is 5.32 Å². The van der Waals surface area contributed by atoms with Crippen molar-refractivity contribution in [2.45, 2.75) is 38.2 Å². The highest BCUT2D eigenvalue weighted by Gasteiger charge is 2.29. The first-order chi connectivity index (χ1) is 8.44. The molecule has 1 saturated carbocycles. The summed E-state index contributed by atoms with van der Waals surface area (Å²) in [4.78, 5) is 11.7. The predicted octanol–water partition coefficient (Wildman–Crippen LogP) is 0.0884. The van der Waals surface area contributed by atoms with Crippen LogP contribution in [0.3, 0.4) is 0 Å². The molecule has 3 atom stereocenters. The first-order valence-electron chi connectivity index (χ1n) is 6.60. The molecule has 104 valence electrons. The third kappa shape index (κ3) is 3.95. The van der Waals surface area contributed by atoms with Gasteiger partial charge in [-0.25, -0.2) is 8.42 Å². The Morgan fingerprint density at radius 3 is 2.56 bits per heavy atom. The third-order valence-corrected chi connectivity index (χ3v) is 5.74. The van der Waals surface area contributed by atoms with Crippen LogP contribution in [0, 0.1) is 11.8 Å². The maximum absolute atomic E-state index is 11.7. The molecule has 0 radical (unpaired) electrons. The van der Waals surface area contributed by atoms with Crippen molar-refractivity contribution < 1.29 is 18.3 Å². The molecular formula is C12H21NO4S. The highest BCUT2D eigenvalue weighted by molar-refractivity contribution is 7.91. The monoisotopic (exact) mass is 275 g/mol. The van der Waals surface area contributed by atoms with E-state index in [2.05, 4.69) is 5.32 Å². The van der Waals surface area contributed by atoms with Gasteiger partial charge < -0.3 is 10.4 Å². The molecule has 0 spiro atoms. The van der Waals surface area contributed by atoms with E-state index in [4.69, 9.17) is 0 Å². The van der Waals surface area contributed by atoms with Gasteiger partial charge in [0.2, 0.25) is 5.91 Å². The summed E-state index contributed by atoms with van der Waals surface area (Å²) in [5.41, 5.74) is 0. The van der Waals surface area contributed by atoms with E-state index in [-0.39, 0.29) is 29.4 Å². The number of sulfone groups is 1. The highest BCUT2D eigenvalue weighted by atomic mass is 32.2. The molecule has 5 nitrogen and oxygen atoms in total. The quantitative estimate of drug-likeness (QED) is 0.761. The molecule has 1 heterocycles. The molecule has 0 aromatic carbocycles. The van der Waals surface area contributed by atoms with Gasteiger partial charge in [-0.1, -0.05) is 0 Å². The topological polar surface area (TPSA) is 83.5 Å². The van der Waals surface area contributed by atoms with Crippen molar-refractivity contribution in [3.05, 3.63) is 0 Å². The summed E-state index contributed by atoms with van der Waals surface area (Å²) in [6.45, 7) is 0.607. The lowest BCUT2D eigenvalue weighted by atomic mass is 10.0. The summed E-state index contributed by atoms with van der Waals surface area (Å²) in [7, 11) is -2.89. The second-order valence-electron chi connectivity index (χ2n) is 5.61. The summed E-state index contributed by atoms with van der Waals surface area (Å²) in [5.74, 6) is 0.682. The van der Waals surface area contributed by atoms with Gasteiger partial charge in [0.05, 0.1) is 17.6 Å². The van der Waals surface area contributed by atoms with Gasteiger partial charge in [-0.15, -0.1) is 0 Å². The van der Waals surface area contributed by atoms with Crippen molar-refractivity contribution in [3.8, 4) is 0 Å². The van der Waals surface area contributed by atoms with E-state index >= 15 is 0 Å². The smallest absolute Gasteiger partial charge is 0.220 e. The lowest BCUT2D eigenvalue weighted by Gasteiger charge is -2.12. The molecule has 2 rings (SSSR count). The van der Waals surface area contributed by atoms with Crippen molar-refractivity contribution in [2.24, 2.45) is 11.8 Å². The normalized spacial score (nSPS) is 34.6. The SMILES string of the molecule is O=C(CC1CCS(=O)(=O)C1)NCC1CCC(O)C1. The van der Waals surface area contributed by atoms with Gasteiger partial charge in [0, 0.05) is 13.0 Å². The van der Waals surface area contributed by atoms with E-state index in [1.165, 1.54) is 0 Å². The number of aliphatic hydroxyl groups excluding tert-OH is 1. The van der Waals surface area contributed by atoms with Crippen LogP contribution in [-0.4, -0.2) is 43.6 Å². The van der Waals surface area contributed by atoms with Gasteiger partial charge in [-0.3, -0.25) is 4.79 Å². The van der Waals surface area contributed by atoms with Gasteiger partial charge >= 0.3 is 0 Å². The molecule has 1 aliphatic heterocycles. The minimum absolute atomic E-state index is 0.0100. The molecule has 2 fully saturated rings. The second-order valence-corrected chi connectivity index (χ2v) is 7.84. The Bertz CT molecular complexity index is 406. The molecular weight excluding hydrogens is 254 g/mol. The molecule has 2 aliphatic rings. The molecule has 1 saturated heterocycles. The van der Waals surface area contributed by atoms with Gasteiger partial charge in [-0.05, 0) is 37.5 Å². The Balaban J connectivity index is 1.67. The molecule has 1 amide bonds. The average Bonchev–Trinajstić information content (AvgIpc) is 2.82. The van der Waals surface area contributed by atoms with Crippen molar-refractivity contribution in [1.82, 2.24) is 5.32 Å². The maximum Gasteiger partial charge on any atom is 0.220 e. The number of carbonyl (C=O) groups excluding carboxylic acids is 1. The lowest BCUT2D eigenvalue weighted by molar-refractivity contribution is -0.122. The summed E-state index contributed by atoms with van der Waals surface area (Å²) in [6.07, 6.45) is 3.25. The fourth-order valence-corrected chi connectivity index (χ4v) is 4.72. The Morgan fingerprint density at radius 1 is 1.22 bits per heavy atom. The summed E-state index contributed by atoms with van der Waals surface area (Å²) < 4.78 is 22.5. The number of carbonyl (C=O) groups is 1. The number of rotatable bonds is 4. The van der Waals surface area contributed by atoms with Crippen LogP contribution in [0.2, 0.25) is 0 Å². The number of aliphatic hydroxyl groups is 1. The minimum atomic E-state index is -2.89. The molecule has 0 aromatic heterocycles. The summed E-state index contributed by atoms with van der Waals surface area (Å²) in [6, 6.07) is 0. The fraction of sp³-hybridized carbons (Fsp3) is 0.917. The van der Waals surface area contributed by atoms with Gasteiger partial charge in [-0.2, -0.15) is 0 Å². The lowest BCUT2D eigenvalue weighted by Crippen LogP contribution is -2.30. The molecule has 2 N–H and O–H groups in total. The Morgan fingerprint density at radius 2 is 2.00 bits per heavy atom. The number of hydrogen-bond donors (Lipinski definition) is 2. The zero-order valence-electron chi connectivity index (χ0n) is 10.5.